The Morgan fingerprint density at radius 1 is 1.38 bits per heavy atom. The average Bonchev–Trinajstić information content (AvgIpc) is 2.73. The maximum absolute atomic E-state index is 11.7. The van der Waals surface area contributed by atoms with E-state index in [1.807, 2.05) is 6.07 Å². The van der Waals surface area contributed by atoms with E-state index in [0.717, 1.165) is 11.8 Å². The van der Waals surface area contributed by atoms with Gasteiger partial charge in [0, 0.05) is 19.2 Å². The number of ether oxygens (including phenoxy) is 1. The van der Waals surface area contributed by atoms with E-state index in [4.69, 9.17) is 4.74 Å². The number of hydrogen-bond donors (Lipinski definition) is 1. The summed E-state index contributed by atoms with van der Waals surface area (Å²) in [6.07, 6.45) is 3.52. The molecule has 112 valence electrons. The number of aldehydes is 1. The minimum Gasteiger partial charge on any atom is -0.496 e. The van der Waals surface area contributed by atoms with Gasteiger partial charge >= 0.3 is 5.69 Å². The van der Waals surface area contributed by atoms with E-state index in [-0.39, 0.29) is 11.6 Å². The largest absolute Gasteiger partial charge is 0.496 e. The first-order valence-electron chi connectivity index (χ1n) is 6.64. The fraction of sp³-hybridized carbons (Fsp3) is 0.333. The average molecular weight is 290 g/mol. The van der Waals surface area contributed by atoms with Crippen molar-refractivity contribution >= 4 is 6.29 Å². The molecule has 1 heterocycles. The SMILES string of the molecule is COc1cc(C=O)ccc1CCCn1c(O)cn(C)c1=O. The van der Waals surface area contributed by atoms with Crippen molar-refractivity contribution in [1.29, 1.82) is 0 Å². The summed E-state index contributed by atoms with van der Waals surface area (Å²) < 4.78 is 7.93. The summed E-state index contributed by atoms with van der Waals surface area (Å²) >= 11 is 0. The summed E-state index contributed by atoms with van der Waals surface area (Å²) in [7, 11) is 3.15. The topological polar surface area (TPSA) is 73.5 Å². The van der Waals surface area contributed by atoms with Crippen molar-refractivity contribution in [3.05, 3.63) is 46.0 Å². The Kier molecular flexibility index (Phi) is 4.47. The molecular weight excluding hydrogens is 272 g/mol. The van der Waals surface area contributed by atoms with Crippen molar-refractivity contribution in [3.63, 3.8) is 0 Å². The molecule has 2 aromatic rings. The zero-order valence-corrected chi connectivity index (χ0v) is 12.1. The lowest BCUT2D eigenvalue weighted by atomic mass is 10.1. The number of aromatic hydroxyl groups is 1. The van der Waals surface area contributed by atoms with Crippen LogP contribution in [0.2, 0.25) is 0 Å². The van der Waals surface area contributed by atoms with Gasteiger partial charge in [-0.2, -0.15) is 0 Å². The molecule has 0 aliphatic carbocycles. The molecule has 0 radical (unpaired) electrons. The monoisotopic (exact) mass is 290 g/mol. The highest BCUT2D eigenvalue weighted by Gasteiger charge is 2.09. The first-order chi connectivity index (χ1) is 10.1. The minimum absolute atomic E-state index is 0.0363. The molecule has 6 nitrogen and oxygen atoms in total. The summed E-state index contributed by atoms with van der Waals surface area (Å²) in [6.45, 7) is 0.421. The number of hydrogen-bond acceptors (Lipinski definition) is 4. The van der Waals surface area contributed by atoms with Gasteiger partial charge in [-0.25, -0.2) is 4.79 Å². The second-order valence-electron chi connectivity index (χ2n) is 4.83. The molecule has 0 saturated heterocycles. The van der Waals surface area contributed by atoms with Gasteiger partial charge < -0.3 is 9.84 Å². The van der Waals surface area contributed by atoms with Gasteiger partial charge in [0.05, 0.1) is 13.3 Å². The molecule has 1 aromatic carbocycles. The van der Waals surface area contributed by atoms with Crippen molar-refractivity contribution in [1.82, 2.24) is 9.13 Å². The van der Waals surface area contributed by atoms with Crippen molar-refractivity contribution in [3.8, 4) is 11.6 Å². The molecule has 0 amide bonds. The molecule has 0 aliphatic heterocycles. The van der Waals surface area contributed by atoms with E-state index < -0.39 is 0 Å². The molecular formula is C15H18N2O4. The van der Waals surface area contributed by atoms with Crippen molar-refractivity contribution in [2.24, 2.45) is 7.05 Å². The molecule has 0 saturated carbocycles. The van der Waals surface area contributed by atoms with Crippen LogP contribution in [-0.2, 0) is 20.0 Å². The van der Waals surface area contributed by atoms with Gasteiger partial charge in [0.1, 0.15) is 12.0 Å². The number of aromatic nitrogens is 2. The zero-order valence-electron chi connectivity index (χ0n) is 12.1. The molecule has 0 fully saturated rings. The molecule has 0 bridgehead atoms. The van der Waals surface area contributed by atoms with E-state index in [1.165, 1.54) is 15.3 Å². The molecule has 0 aliphatic rings. The molecule has 1 N–H and O–H groups in total. The van der Waals surface area contributed by atoms with Crippen LogP contribution in [-0.4, -0.2) is 27.6 Å². The van der Waals surface area contributed by atoms with Crippen LogP contribution in [0.4, 0.5) is 0 Å². The number of benzene rings is 1. The summed E-state index contributed by atoms with van der Waals surface area (Å²) in [5.74, 6) is 0.620. The highest BCUT2D eigenvalue weighted by Crippen LogP contribution is 2.21. The number of nitrogens with zero attached hydrogens (tertiary/aromatic N) is 2. The van der Waals surface area contributed by atoms with Gasteiger partial charge in [-0.05, 0) is 24.5 Å². The first kappa shape index (κ1) is 14.9. The summed E-state index contributed by atoms with van der Waals surface area (Å²) in [6, 6.07) is 5.27. The van der Waals surface area contributed by atoms with Gasteiger partial charge in [-0.3, -0.25) is 13.9 Å². The Labute approximate surface area is 122 Å². The predicted molar refractivity (Wildman–Crippen MR) is 78.0 cm³/mol. The molecule has 2 rings (SSSR count). The van der Waals surface area contributed by atoms with Gasteiger partial charge in [-0.15, -0.1) is 0 Å². The number of imidazole rings is 1. The lowest BCUT2D eigenvalue weighted by molar-refractivity contribution is 0.112. The smallest absolute Gasteiger partial charge is 0.330 e. The highest BCUT2D eigenvalue weighted by atomic mass is 16.5. The van der Waals surface area contributed by atoms with Crippen molar-refractivity contribution < 1.29 is 14.6 Å². The van der Waals surface area contributed by atoms with Gasteiger partial charge in [0.15, 0.2) is 0 Å². The van der Waals surface area contributed by atoms with E-state index in [2.05, 4.69) is 0 Å². The minimum atomic E-state index is -0.240. The van der Waals surface area contributed by atoms with Crippen LogP contribution in [0.1, 0.15) is 22.3 Å². The van der Waals surface area contributed by atoms with Crippen molar-refractivity contribution in [2.75, 3.05) is 7.11 Å². The van der Waals surface area contributed by atoms with Crippen LogP contribution in [0.25, 0.3) is 0 Å². The van der Waals surface area contributed by atoms with Crippen molar-refractivity contribution in [2.45, 2.75) is 19.4 Å². The molecule has 0 unspecified atom stereocenters. The Morgan fingerprint density at radius 2 is 2.14 bits per heavy atom. The standard InChI is InChI=1S/C15H18N2O4/c1-16-9-14(19)17(15(16)20)7-3-4-12-6-5-11(10-18)8-13(12)21-2/h5-6,8-10,19H,3-4,7H2,1-2H3. The quantitative estimate of drug-likeness (QED) is 0.815. The molecule has 21 heavy (non-hydrogen) atoms. The number of carbonyl (C=O) groups is 1. The third-order valence-corrected chi connectivity index (χ3v) is 3.39. The van der Waals surface area contributed by atoms with E-state index in [0.29, 0.717) is 30.7 Å². The van der Waals surface area contributed by atoms with Crippen LogP contribution >= 0.6 is 0 Å². The Morgan fingerprint density at radius 3 is 2.71 bits per heavy atom. The molecule has 0 spiro atoms. The second-order valence-corrected chi connectivity index (χ2v) is 4.83. The van der Waals surface area contributed by atoms with E-state index in [9.17, 15) is 14.7 Å². The van der Waals surface area contributed by atoms with Gasteiger partial charge in [0.25, 0.3) is 0 Å². The van der Waals surface area contributed by atoms with Gasteiger partial charge in [-0.1, -0.05) is 12.1 Å². The molecule has 1 aromatic heterocycles. The lowest BCUT2D eigenvalue weighted by Gasteiger charge is -2.09. The number of carbonyl (C=O) groups excluding carboxylic acids is 1. The third-order valence-electron chi connectivity index (χ3n) is 3.39. The predicted octanol–water partition coefficient (Wildman–Crippen LogP) is 1.35. The van der Waals surface area contributed by atoms with E-state index in [1.54, 1.807) is 26.3 Å². The third kappa shape index (κ3) is 3.16. The van der Waals surface area contributed by atoms with Crippen LogP contribution in [0.3, 0.4) is 0 Å². The maximum atomic E-state index is 11.7. The normalized spacial score (nSPS) is 10.6. The molecule has 6 heteroatoms. The maximum Gasteiger partial charge on any atom is 0.330 e. The lowest BCUT2D eigenvalue weighted by Crippen LogP contribution is -2.22. The van der Waals surface area contributed by atoms with Crippen LogP contribution in [0, 0.1) is 0 Å². The highest BCUT2D eigenvalue weighted by molar-refractivity contribution is 5.75. The number of rotatable bonds is 6. The number of methoxy groups -OCH3 is 1. The Bertz CT molecular complexity index is 700. The summed E-state index contributed by atoms with van der Waals surface area (Å²) in [4.78, 5) is 22.5. The second kappa shape index (κ2) is 6.30. The fourth-order valence-corrected chi connectivity index (χ4v) is 2.27. The number of aryl methyl sites for hydroxylation is 2. The van der Waals surface area contributed by atoms with E-state index >= 15 is 0 Å². The Hall–Kier alpha value is -2.50. The van der Waals surface area contributed by atoms with Crippen LogP contribution < -0.4 is 10.4 Å². The van der Waals surface area contributed by atoms with Gasteiger partial charge in [0.2, 0.25) is 5.88 Å². The molecule has 0 atom stereocenters. The van der Waals surface area contributed by atoms with Crippen LogP contribution in [0.15, 0.2) is 29.2 Å². The first-order valence-corrected chi connectivity index (χ1v) is 6.64. The summed E-state index contributed by atoms with van der Waals surface area (Å²) in [5.41, 5.74) is 1.29. The zero-order chi connectivity index (χ0) is 15.4. The fourth-order valence-electron chi connectivity index (χ4n) is 2.27. The Balaban J connectivity index is 2.07. The van der Waals surface area contributed by atoms with Crippen LogP contribution in [0.5, 0.6) is 11.6 Å². The summed E-state index contributed by atoms with van der Waals surface area (Å²) in [5, 5.41) is 9.66.